The molecule has 3 aliphatic rings. The molecule has 2 bridgehead atoms. The van der Waals surface area contributed by atoms with Gasteiger partial charge in [0, 0.05) is 35.7 Å². The van der Waals surface area contributed by atoms with Crippen molar-refractivity contribution in [1.82, 2.24) is 4.90 Å². The van der Waals surface area contributed by atoms with Gasteiger partial charge in [-0.15, -0.1) is 0 Å². The van der Waals surface area contributed by atoms with Gasteiger partial charge in [0.15, 0.2) is 0 Å². The molecule has 0 spiro atoms. The molecule has 3 atom stereocenters. The highest BCUT2D eigenvalue weighted by Gasteiger charge is 2.45. The Morgan fingerprint density at radius 1 is 0.639 bits per heavy atom. The Morgan fingerprint density at radius 2 is 1.31 bits per heavy atom. The molecule has 2 saturated heterocycles. The zero-order chi connectivity index (χ0) is 23.9. The average molecular weight is 472 g/mol. The van der Waals surface area contributed by atoms with Crippen LogP contribution >= 0.6 is 0 Å². The van der Waals surface area contributed by atoms with Gasteiger partial charge in [-0.05, 0) is 66.8 Å². The molecule has 0 saturated carbocycles. The molecule has 2 nitrogen and oxygen atoms in total. The summed E-state index contributed by atoms with van der Waals surface area (Å²) in [5.41, 5.74) is 6.67. The quantitative estimate of drug-likeness (QED) is 0.292. The Morgan fingerprint density at radius 3 is 2.08 bits per heavy atom. The summed E-state index contributed by atoms with van der Waals surface area (Å²) in [7, 11) is 0. The summed E-state index contributed by atoms with van der Waals surface area (Å²) in [5.74, 6) is 3.15. The minimum atomic E-state index is 0.411. The molecule has 0 N–H and O–H groups in total. The highest BCUT2D eigenvalue weighted by molar-refractivity contribution is 5.68. The second-order valence-electron chi connectivity index (χ2n) is 10.8. The maximum Gasteiger partial charge on any atom is 0.131 e. The number of fused-ring (bicyclic) bond motifs is 4. The van der Waals surface area contributed by atoms with Gasteiger partial charge in [-0.3, -0.25) is 4.90 Å². The minimum absolute atomic E-state index is 0.411. The highest BCUT2D eigenvalue weighted by atomic mass is 16.5. The second kappa shape index (κ2) is 9.26. The largest absolute Gasteiger partial charge is 0.457 e. The van der Waals surface area contributed by atoms with E-state index < -0.39 is 0 Å². The number of rotatable bonds is 5. The molecule has 4 aromatic rings. The minimum Gasteiger partial charge on any atom is -0.457 e. The summed E-state index contributed by atoms with van der Waals surface area (Å²) >= 11 is 0. The van der Waals surface area contributed by atoms with Crippen LogP contribution < -0.4 is 4.74 Å². The van der Waals surface area contributed by atoms with E-state index in [1.165, 1.54) is 60.0 Å². The zero-order valence-electron chi connectivity index (χ0n) is 20.7. The van der Waals surface area contributed by atoms with Crippen LogP contribution in [0.4, 0.5) is 0 Å². The predicted octanol–water partition coefficient (Wildman–Crippen LogP) is 8.08. The third kappa shape index (κ3) is 3.94. The molecule has 180 valence electrons. The van der Waals surface area contributed by atoms with Crippen LogP contribution in [0.1, 0.15) is 48.3 Å². The number of hydrogen-bond acceptors (Lipinski definition) is 2. The van der Waals surface area contributed by atoms with Crippen molar-refractivity contribution in [3.63, 3.8) is 0 Å². The number of benzene rings is 4. The van der Waals surface area contributed by atoms with Gasteiger partial charge in [0.25, 0.3) is 0 Å². The molecule has 2 fully saturated rings. The Labute approximate surface area is 214 Å². The van der Waals surface area contributed by atoms with E-state index in [9.17, 15) is 0 Å². The van der Waals surface area contributed by atoms with Crippen LogP contribution in [-0.4, -0.2) is 23.5 Å². The van der Waals surface area contributed by atoms with Gasteiger partial charge in [0.2, 0.25) is 0 Å². The Bertz CT molecular complexity index is 1330. The fraction of sp³-hybridized carbons (Fsp3) is 0.294. The zero-order valence-corrected chi connectivity index (χ0v) is 20.7. The molecule has 4 aromatic carbocycles. The normalized spacial score (nSPS) is 24.6. The first-order valence-electron chi connectivity index (χ1n) is 13.6. The van der Waals surface area contributed by atoms with E-state index in [1.807, 2.05) is 0 Å². The Balaban J connectivity index is 1.18. The summed E-state index contributed by atoms with van der Waals surface area (Å²) in [5, 5.41) is 0. The summed E-state index contributed by atoms with van der Waals surface area (Å²) in [4.78, 5) is 2.84. The van der Waals surface area contributed by atoms with E-state index in [-0.39, 0.29) is 0 Å². The highest BCUT2D eigenvalue weighted by Crippen LogP contribution is 2.53. The molecule has 0 aromatic heterocycles. The van der Waals surface area contributed by atoms with Gasteiger partial charge in [-0.2, -0.15) is 0 Å². The molecule has 0 radical (unpaired) electrons. The van der Waals surface area contributed by atoms with Crippen molar-refractivity contribution in [1.29, 1.82) is 0 Å². The van der Waals surface area contributed by atoms with E-state index in [4.69, 9.17) is 4.74 Å². The van der Waals surface area contributed by atoms with E-state index in [0.29, 0.717) is 23.9 Å². The number of hydrogen-bond donors (Lipinski definition) is 0. The summed E-state index contributed by atoms with van der Waals surface area (Å²) in [6, 6.07) is 38.7. The summed E-state index contributed by atoms with van der Waals surface area (Å²) < 4.78 is 6.53. The molecular formula is C34H33NO. The predicted molar refractivity (Wildman–Crippen MR) is 147 cm³/mol. The molecule has 3 aliphatic heterocycles. The number of nitrogens with zero attached hydrogens (tertiary/aromatic N) is 1. The summed E-state index contributed by atoms with van der Waals surface area (Å²) in [6.45, 7) is 1.19. The van der Waals surface area contributed by atoms with Crippen LogP contribution in [0.15, 0.2) is 103 Å². The van der Waals surface area contributed by atoms with Crippen molar-refractivity contribution in [3.05, 3.63) is 120 Å². The van der Waals surface area contributed by atoms with E-state index >= 15 is 0 Å². The topological polar surface area (TPSA) is 12.5 Å². The van der Waals surface area contributed by atoms with Gasteiger partial charge >= 0.3 is 0 Å². The molecule has 7 rings (SSSR count). The van der Waals surface area contributed by atoms with Gasteiger partial charge in [-0.25, -0.2) is 0 Å². The van der Waals surface area contributed by atoms with E-state index in [1.54, 1.807) is 0 Å². The number of para-hydroxylation sites is 1. The van der Waals surface area contributed by atoms with Crippen molar-refractivity contribution in [3.8, 4) is 22.6 Å². The van der Waals surface area contributed by atoms with E-state index in [2.05, 4.69) is 108 Å². The van der Waals surface area contributed by atoms with Crippen molar-refractivity contribution >= 4 is 0 Å². The average Bonchev–Trinajstić information content (AvgIpc) is 3.17. The van der Waals surface area contributed by atoms with Crippen molar-refractivity contribution in [2.45, 2.75) is 50.1 Å². The molecule has 3 heterocycles. The van der Waals surface area contributed by atoms with Gasteiger partial charge < -0.3 is 4.74 Å². The number of piperidine rings is 1. The van der Waals surface area contributed by atoms with Crippen LogP contribution in [-0.2, 0) is 6.42 Å². The third-order valence-electron chi connectivity index (χ3n) is 8.82. The first kappa shape index (κ1) is 21.9. The van der Waals surface area contributed by atoms with Crippen molar-refractivity contribution < 1.29 is 4.74 Å². The summed E-state index contributed by atoms with van der Waals surface area (Å²) in [6.07, 6.45) is 6.42. The van der Waals surface area contributed by atoms with Gasteiger partial charge in [-0.1, -0.05) is 91.0 Å². The van der Waals surface area contributed by atoms with E-state index in [0.717, 1.165) is 17.9 Å². The van der Waals surface area contributed by atoms with Gasteiger partial charge in [0.05, 0.1) is 0 Å². The van der Waals surface area contributed by atoms with Crippen molar-refractivity contribution in [2.75, 3.05) is 6.54 Å². The maximum absolute atomic E-state index is 6.53. The first-order chi connectivity index (χ1) is 17.8. The fourth-order valence-corrected chi connectivity index (χ4v) is 7.17. The molecule has 0 aliphatic carbocycles. The lowest BCUT2D eigenvalue weighted by Gasteiger charge is -2.43. The number of ether oxygens (including phenoxy) is 1. The molecule has 36 heavy (non-hydrogen) atoms. The van der Waals surface area contributed by atoms with Gasteiger partial charge in [0.1, 0.15) is 11.5 Å². The lowest BCUT2D eigenvalue weighted by Crippen LogP contribution is -2.45. The van der Waals surface area contributed by atoms with Crippen molar-refractivity contribution in [2.24, 2.45) is 5.92 Å². The van der Waals surface area contributed by atoms with Crippen LogP contribution in [0.3, 0.4) is 0 Å². The standard InChI is InChI=1S/C34H33NO/c1-3-9-24(10-4-1)19-20-35-28-16-17-29(35)22-27(21-28)34-30-13-7-8-14-32(30)36-33-23-26(15-18-31(33)34)25-11-5-2-6-12-25/h1-15,18,23,27-29,34H,16-17,19-22H2. The smallest absolute Gasteiger partial charge is 0.131 e. The Kier molecular flexibility index (Phi) is 5.63. The van der Waals surface area contributed by atoms with Crippen LogP contribution in [0.2, 0.25) is 0 Å². The monoisotopic (exact) mass is 471 g/mol. The third-order valence-corrected chi connectivity index (χ3v) is 8.82. The first-order valence-corrected chi connectivity index (χ1v) is 13.6. The lowest BCUT2D eigenvalue weighted by atomic mass is 9.72. The molecule has 3 unspecified atom stereocenters. The molecular weight excluding hydrogens is 438 g/mol. The maximum atomic E-state index is 6.53. The van der Waals surface area contributed by atoms with Crippen LogP contribution in [0, 0.1) is 5.92 Å². The fourth-order valence-electron chi connectivity index (χ4n) is 7.17. The lowest BCUT2D eigenvalue weighted by molar-refractivity contribution is 0.0972. The molecule has 2 heteroatoms. The Hall–Kier alpha value is -3.36. The molecule has 0 amide bonds. The van der Waals surface area contributed by atoms with Crippen LogP contribution in [0.25, 0.3) is 11.1 Å². The SMILES string of the molecule is c1ccc(CCN2C3CCC2CC(C2c4ccccc4Oc4cc(-c5ccccc5)ccc42)C3)cc1. The second-order valence-corrected chi connectivity index (χ2v) is 10.8. The van der Waals surface area contributed by atoms with Crippen LogP contribution in [0.5, 0.6) is 11.5 Å².